The lowest BCUT2D eigenvalue weighted by Gasteiger charge is -2.07. The van der Waals surface area contributed by atoms with Crippen LogP contribution < -0.4 is 10.1 Å². The molecule has 4 aromatic rings. The number of aromatic hydroxyl groups is 2. The number of nitrogens with one attached hydrogen (secondary N) is 1. The quantitative estimate of drug-likeness (QED) is 0.314. The van der Waals surface area contributed by atoms with E-state index in [2.05, 4.69) is 5.32 Å². The van der Waals surface area contributed by atoms with Crippen molar-refractivity contribution in [2.75, 3.05) is 20.2 Å². The summed E-state index contributed by atoms with van der Waals surface area (Å²) in [5, 5.41) is 23.0. The van der Waals surface area contributed by atoms with Gasteiger partial charge in [0.2, 0.25) is 0 Å². The molecule has 0 bridgehead atoms. The summed E-state index contributed by atoms with van der Waals surface area (Å²) in [6.07, 6.45) is 0. The van der Waals surface area contributed by atoms with Gasteiger partial charge in [0.25, 0.3) is 0 Å². The fraction of sp³-hybridized carbons (Fsp3) is 0.125. The molecule has 0 aliphatic carbocycles. The molecule has 1 aromatic heterocycles. The molecule has 4 rings (SSSR count). The zero-order chi connectivity index (χ0) is 21.1. The van der Waals surface area contributed by atoms with Gasteiger partial charge in [0, 0.05) is 29.1 Å². The highest BCUT2D eigenvalue weighted by molar-refractivity contribution is 6.19. The van der Waals surface area contributed by atoms with E-state index in [0.717, 1.165) is 6.54 Å². The Balaban J connectivity index is 1.76. The van der Waals surface area contributed by atoms with Crippen LogP contribution in [-0.2, 0) is 0 Å². The number of benzene rings is 3. The Labute approximate surface area is 173 Å². The summed E-state index contributed by atoms with van der Waals surface area (Å²) in [7, 11) is 1.85. The molecule has 6 nitrogen and oxygen atoms in total. The molecule has 1 heterocycles. The first-order chi connectivity index (χ1) is 14.6. The van der Waals surface area contributed by atoms with Crippen LogP contribution in [0, 0.1) is 0 Å². The highest BCUT2D eigenvalue weighted by atomic mass is 16.5. The molecule has 0 radical (unpaired) electrons. The van der Waals surface area contributed by atoms with Crippen molar-refractivity contribution in [1.82, 2.24) is 5.32 Å². The van der Waals surface area contributed by atoms with Gasteiger partial charge in [-0.15, -0.1) is 0 Å². The number of furan rings is 1. The average molecular weight is 403 g/mol. The van der Waals surface area contributed by atoms with Crippen LogP contribution >= 0.6 is 0 Å². The Morgan fingerprint density at radius 3 is 2.37 bits per heavy atom. The molecular weight excluding hydrogens is 382 g/mol. The number of rotatable bonds is 7. The third-order valence-corrected chi connectivity index (χ3v) is 4.77. The number of carbonyl (C=O) groups excluding carboxylic acids is 1. The summed E-state index contributed by atoms with van der Waals surface area (Å²) in [5.74, 6) is 1.03. The first-order valence-electron chi connectivity index (χ1n) is 9.54. The molecule has 3 N–H and O–H groups in total. The number of hydrogen-bond donors (Lipinski definition) is 3. The third kappa shape index (κ3) is 3.86. The lowest BCUT2D eigenvalue weighted by Crippen LogP contribution is -2.15. The molecule has 30 heavy (non-hydrogen) atoms. The largest absolute Gasteiger partial charge is 0.508 e. The number of fused-ring (bicyclic) bond motifs is 1. The van der Waals surface area contributed by atoms with E-state index in [1.54, 1.807) is 42.5 Å². The number of likely N-dealkylation sites (N-methyl/N-ethyl adjacent to an activating group) is 1. The lowest BCUT2D eigenvalue weighted by atomic mass is 9.97. The number of phenolic OH excluding ortho intramolecular Hbond substituents is 2. The first kappa shape index (κ1) is 19.5. The van der Waals surface area contributed by atoms with Crippen molar-refractivity contribution >= 4 is 16.8 Å². The topological polar surface area (TPSA) is 91.9 Å². The lowest BCUT2D eigenvalue weighted by molar-refractivity contribution is 0.104. The van der Waals surface area contributed by atoms with E-state index in [9.17, 15) is 15.0 Å². The standard InChI is InChI=1S/C24H21NO5/c1-25-12-13-29-19-9-4-15(5-10-19)23(28)22-20-11-8-18(27)14-21(20)30-24(22)16-2-6-17(26)7-3-16/h2-11,14,25-27H,12-13H2,1H3. The minimum Gasteiger partial charge on any atom is -0.508 e. The van der Waals surface area contributed by atoms with Gasteiger partial charge in [-0.2, -0.15) is 0 Å². The van der Waals surface area contributed by atoms with Crippen LogP contribution in [0.3, 0.4) is 0 Å². The Morgan fingerprint density at radius 2 is 1.67 bits per heavy atom. The summed E-state index contributed by atoms with van der Waals surface area (Å²) < 4.78 is 11.6. The second kappa shape index (κ2) is 8.31. The monoisotopic (exact) mass is 403 g/mol. The van der Waals surface area contributed by atoms with E-state index in [0.29, 0.717) is 45.8 Å². The number of ether oxygens (including phenoxy) is 1. The normalized spacial score (nSPS) is 11.0. The average Bonchev–Trinajstić information content (AvgIpc) is 3.13. The van der Waals surface area contributed by atoms with Crippen molar-refractivity contribution in [3.63, 3.8) is 0 Å². The van der Waals surface area contributed by atoms with Crippen LogP contribution in [0.25, 0.3) is 22.3 Å². The fourth-order valence-corrected chi connectivity index (χ4v) is 3.24. The molecule has 6 heteroatoms. The maximum absolute atomic E-state index is 13.4. The molecule has 0 saturated carbocycles. The molecule has 3 aromatic carbocycles. The summed E-state index contributed by atoms with van der Waals surface area (Å²) in [6, 6.07) is 18.1. The van der Waals surface area contributed by atoms with Crippen molar-refractivity contribution in [3.8, 4) is 28.6 Å². The number of phenols is 2. The molecule has 0 aliphatic rings. The fourth-order valence-electron chi connectivity index (χ4n) is 3.24. The molecule has 0 amide bonds. The molecule has 0 atom stereocenters. The minimum atomic E-state index is -0.204. The Morgan fingerprint density at radius 1 is 0.967 bits per heavy atom. The zero-order valence-corrected chi connectivity index (χ0v) is 16.4. The van der Waals surface area contributed by atoms with E-state index in [1.807, 2.05) is 7.05 Å². The maximum Gasteiger partial charge on any atom is 0.197 e. The number of carbonyl (C=O) groups is 1. The van der Waals surface area contributed by atoms with Crippen molar-refractivity contribution in [2.24, 2.45) is 0 Å². The van der Waals surface area contributed by atoms with Crippen LogP contribution in [0.2, 0.25) is 0 Å². The Hall–Kier alpha value is -3.77. The maximum atomic E-state index is 13.4. The first-order valence-corrected chi connectivity index (χ1v) is 9.54. The van der Waals surface area contributed by atoms with Crippen LogP contribution in [0.1, 0.15) is 15.9 Å². The minimum absolute atomic E-state index is 0.0515. The molecule has 152 valence electrons. The van der Waals surface area contributed by atoms with E-state index >= 15 is 0 Å². The van der Waals surface area contributed by atoms with E-state index in [-0.39, 0.29) is 17.3 Å². The third-order valence-electron chi connectivity index (χ3n) is 4.77. The second-order valence-electron chi connectivity index (χ2n) is 6.84. The molecule has 0 fully saturated rings. The van der Waals surface area contributed by atoms with Crippen LogP contribution in [0.15, 0.2) is 71.1 Å². The van der Waals surface area contributed by atoms with Crippen LogP contribution in [-0.4, -0.2) is 36.2 Å². The molecular formula is C24H21NO5. The zero-order valence-electron chi connectivity index (χ0n) is 16.4. The van der Waals surface area contributed by atoms with E-state index in [1.165, 1.54) is 24.3 Å². The SMILES string of the molecule is CNCCOc1ccc(C(=O)c2c(-c3ccc(O)cc3)oc3cc(O)ccc23)cc1. The molecule has 0 aliphatic heterocycles. The molecule has 0 unspecified atom stereocenters. The highest BCUT2D eigenvalue weighted by Gasteiger charge is 2.23. The van der Waals surface area contributed by atoms with Gasteiger partial charge >= 0.3 is 0 Å². The van der Waals surface area contributed by atoms with Crippen molar-refractivity contribution in [2.45, 2.75) is 0 Å². The Bertz CT molecular complexity index is 1180. The van der Waals surface area contributed by atoms with Gasteiger partial charge in [-0.1, -0.05) is 0 Å². The van der Waals surface area contributed by atoms with Gasteiger partial charge in [-0.3, -0.25) is 4.79 Å². The second-order valence-corrected chi connectivity index (χ2v) is 6.84. The predicted octanol–water partition coefficient (Wildman–Crippen LogP) is 4.34. The number of hydrogen-bond acceptors (Lipinski definition) is 6. The van der Waals surface area contributed by atoms with Crippen LogP contribution in [0.5, 0.6) is 17.2 Å². The smallest absolute Gasteiger partial charge is 0.197 e. The molecule has 0 spiro atoms. The number of ketones is 1. The summed E-state index contributed by atoms with van der Waals surface area (Å²) in [6.45, 7) is 1.26. The van der Waals surface area contributed by atoms with Gasteiger partial charge in [-0.25, -0.2) is 0 Å². The summed E-state index contributed by atoms with van der Waals surface area (Å²) in [5.41, 5.74) is 1.96. The van der Waals surface area contributed by atoms with Gasteiger partial charge < -0.3 is 24.7 Å². The highest BCUT2D eigenvalue weighted by Crippen LogP contribution is 2.37. The van der Waals surface area contributed by atoms with Gasteiger partial charge in [0.05, 0.1) is 5.56 Å². The van der Waals surface area contributed by atoms with Gasteiger partial charge in [-0.05, 0) is 67.7 Å². The van der Waals surface area contributed by atoms with Crippen LogP contribution in [0.4, 0.5) is 0 Å². The van der Waals surface area contributed by atoms with Gasteiger partial charge in [0.1, 0.15) is 35.2 Å². The van der Waals surface area contributed by atoms with Crippen molar-refractivity contribution in [1.29, 1.82) is 0 Å². The molecule has 0 saturated heterocycles. The Kier molecular flexibility index (Phi) is 5.41. The van der Waals surface area contributed by atoms with E-state index < -0.39 is 0 Å². The predicted molar refractivity (Wildman–Crippen MR) is 114 cm³/mol. The van der Waals surface area contributed by atoms with Crippen molar-refractivity contribution in [3.05, 3.63) is 77.9 Å². The summed E-state index contributed by atoms with van der Waals surface area (Å²) >= 11 is 0. The van der Waals surface area contributed by atoms with E-state index in [4.69, 9.17) is 9.15 Å². The van der Waals surface area contributed by atoms with Crippen molar-refractivity contribution < 1.29 is 24.2 Å². The summed E-state index contributed by atoms with van der Waals surface area (Å²) in [4.78, 5) is 13.4. The van der Waals surface area contributed by atoms with Gasteiger partial charge in [0.15, 0.2) is 5.78 Å².